The smallest absolute Gasteiger partial charge is 0.270 e. The summed E-state index contributed by atoms with van der Waals surface area (Å²) in [5.41, 5.74) is 1.51. The van der Waals surface area contributed by atoms with Crippen LogP contribution in [0.25, 0.3) is 6.08 Å². The molecule has 33 heavy (non-hydrogen) atoms. The Kier molecular flexibility index (Phi) is 7.38. The average molecular weight is 471 g/mol. The molecule has 1 fully saturated rings. The number of nitrogens with one attached hydrogen (secondary N) is 1. The topological polar surface area (TPSA) is 95.8 Å². The van der Waals surface area contributed by atoms with Crippen LogP contribution < -0.4 is 10.2 Å². The van der Waals surface area contributed by atoms with Crippen LogP contribution in [0.5, 0.6) is 0 Å². The summed E-state index contributed by atoms with van der Waals surface area (Å²) >= 11 is 6.48. The molecule has 2 aromatic rings. The van der Waals surface area contributed by atoms with E-state index in [1.807, 2.05) is 31.7 Å². The van der Waals surface area contributed by atoms with E-state index in [-0.39, 0.29) is 17.5 Å². The van der Waals surface area contributed by atoms with Gasteiger partial charge < -0.3 is 15.1 Å². The van der Waals surface area contributed by atoms with Gasteiger partial charge in [0.25, 0.3) is 5.69 Å². The normalized spacial score (nSPS) is 14.4. The van der Waals surface area contributed by atoms with E-state index in [2.05, 4.69) is 10.2 Å². The molecule has 2 aromatic carbocycles. The van der Waals surface area contributed by atoms with Gasteiger partial charge in [-0.3, -0.25) is 19.7 Å². The van der Waals surface area contributed by atoms with Crippen LogP contribution in [0.1, 0.15) is 26.3 Å². The molecule has 1 heterocycles. The largest absolute Gasteiger partial charge is 0.367 e. The van der Waals surface area contributed by atoms with Gasteiger partial charge >= 0.3 is 0 Å². The molecule has 2 amide bonds. The first kappa shape index (κ1) is 24.3. The first-order valence-corrected chi connectivity index (χ1v) is 11.0. The maximum atomic E-state index is 12.5. The van der Waals surface area contributed by atoms with Crippen molar-refractivity contribution in [2.24, 2.45) is 5.41 Å². The Morgan fingerprint density at radius 2 is 1.79 bits per heavy atom. The van der Waals surface area contributed by atoms with Gasteiger partial charge in [-0.25, -0.2) is 0 Å². The Morgan fingerprint density at radius 1 is 1.09 bits per heavy atom. The third kappa shape index (κ3) is 6.32. The Bertz CT molecular complexity index is 1090. The second-order valence-electron chi connectivity index (χ2n) is 8.87. The molecular weight excluding hydrogens is 444 g/mol. The van der Waals surface area contributed by atoms with Crippen LogP contribution in [-0.4, -0.2) is 47.8 Å². The average Bonchev–Trinajstić information content (AvgIpc) is 2.77. The fraction of sp³-hybridized carbons (Fsp3) is 0.333. The first-order chi connectivity index (χ1) is 15.5. The number of non-ortho nitro benzene ring substituents is 1. The molecule has 9 heteroatoms. The number of amides is 2. The molecule has 0 bridgehead atoms. The van der Waals surface area contributed by atoms with Gasteiger partial charge in [-0.05, 0) is 29.8 Å². The second-order valence-corrected chi connectivity index (χ2v) is 9.28. The lowest BCUT2D eigenvalue weighted by molar-refractivity contribution is -0.384. The van der Waals surface area contributed by atoms with Crippen molar-refractivity contribution in [3.8, 4) is 0 Å². The minimum Gasteiger partial charge on any atom is -0.367 e. The van der Waals surface area contributed by atoms with Crippen molar-refractivity contribution in [1.82, 2.24) is 4.90 Å². The van der Waals surface area contributed by atoms with E-state index in [0.717, 1.165) is 5.69 Å². The number of hydrogen-bond donors (Lipinski definition) is 1. The van der Waals surface area contributed by atoms with Crippen LogP contribution >= 0.6 is 11.6 Å². The molecule has 0 unspecified atom stereocenters. The van der Waals surface area contributed by atoms with E-state index in [0.29, 0.717) is 42.5 Å². The summed E-state index contributed by atoms with van der Waals surface area (Å²) in [6, 6.07) is 11.3. The van der Waals surface area contributed by atoms with E-state index in [4.69, 9.17) is 11.6 Å². The number of carbonyl (C=O) groups is 2. The predicted octanol–water partition coefficient (Wildman–Crippen LogP) is 4.59. The number of carbonyl (C=O) groups excluding carboxylic acids is 2. The highest BCUT2D eigenvalue weighted by Crippen LogP contribution is 2.30. The molecule has 1 aliphatic rings. The SMILES string of the molecule is CC(C)(C)C(=O)N1CCN(c2ccc(NC(=O)/C=C/c3cccc([N+](=O)[O-])c3)cc2Cl)CC1. The van der Waals surface area contributed by atoms with Crippen molar-refractivity contribution in [2.45, 2.75) is 20.8 Å². The number of anilines is 2. The molecule has 0 aromatic heterocycles. The zero-order valence-corrected chi connectivity index (χ0v) is 19.6. The third-order valence-corrected chi connectivity index (χ3v) is 5.58. The van der Waals surface area contributed by atoms with Crippen LogP contribution in [-0.2, 0) is 9.59 Å². The van der Waals surface area contributed by atoms with Crippen LogP contribution in [0.3, 0.4) is 0 Å². The molecule has 0 aliphatic carbocycles. The Labute approximate surface area is 198 Å². The molecule has 1 N–H and O–H groups in total. The molecular formula is C24H27ClN4O4. The van der Waals surface area contributed by atoms with Crippen LogP contribution in [0.15, 0.2) is 48.5 Å². The fourth-order valence-electron chi connectivity index (χ4n) is 3.56. The van der Waals surface area contributed by atoms with Crippen LogP contribution in [0, 0.1) is 15.5 Å². The van der Waals surface area contributed by atoms with Gasteiger partial charge in [0.1, 0.15) is 0 Å². The standard InChI is InChI=1S/C24H27ClN4O4/c1-24(2,3)23(31)28-13-11-27(12-14-28)21-9-8-18(16-20(21)25)26-22(30)10-7-17-5-4-6-19(15-17)29(32)33/h4-10,15-16H,11-14H2,1-3H3,(H,26,30)/b10-7+. The molecule has 0 atom stereocenters. The lowest BCUT2D eigenvalue weighted by Gasteiger charge is -2.39. The highest BCUT2D eigenvalue weighted by molar-refractivity contribution is 6.33. The molecule has 0 spiro atoms. The number of rotatable bonds is 5. The summed E-state index contributed by atoms with van der Waals surface area (Å²) in [5, 5.41) is 14.1. The quantitative estimate of drug-likeness (QED) is 0.391. The zero-order chi connectivity index (χ0) is 24.2. The van der Waals surface area contributed by atoms with Gasteiger partial charge in [0.15, 0.2) is 0 Å². The number of nitrogens with zero attached hydrogens (tertiary/aromatic N) is 3. The summed E-state index contributed by atoms with van der Waals surface area (Å²) in [6.07, 6.45) is 2.82. The Balaban J connectivity index is 1.59. The monoisotopic (exact) mass is 470 g/mol. The summed E-state index contributed by atoms with van der Waals surface area (Å²) in [4.78, 5) is 39.1. The highest BCUT2D eigenvalue weighted by atomic mass is 35.5. The van der Waals surface area contributed by atoms with Crippen molar-refractivity contribution in [3.63, 3.8) is 0 Å². The maximum absolute atomic E-state index is 12.5. The number of halogens is 1. The predicted molar refractivity (Wildman–Crippen MR) is 130 cm³/mol. The van der Waals surface area contributed by atoms with E-state index < -0.39 is 10.3 Å². The Hall–Kier alpha value is -3.39. The first-order valence-electron chi connectivity index (χ1n) is 10.6. The van der Waals surface area contributed by atoms with Crippen molar-refractivity contribution in [1.29, 1.82) is 0 Å². The lowest BCUT2D eigenvalue weighted by Crippen LogP contribution is -2.51. The number of benzene rings is 2. The van der Waals surface area contributed by atoms with Crippen molar-refractivity contribution in [3.05, 3.63) is 69.2 Å². The van der Waals surface area contributed by atoms with Gasteiger partial charge in [-0.2, -0.15) is 0 Å². The van der Waals surface area contributed by atoms with E-state index >= 15 is 0 Å². The van der Waals surface area contributed by atoms with E-state index in [1.165, 1.54) is 24.3 Å². The Morgan fingerprint density at radius 3 is 2.39 bits per heavy atom. The maximum Gasteiger partial charge on any atom is 0.270 e. The summed E-state index contributed by atoms with van der Waals surface area (Å²) < 4.78 is 0. The second kappa shape index (κ2) is 10.0. The van der Waals surface area contributed by atoms with Crippen molar-refractivity contribution in [2.75, 3.05) is 36.4 Å². The molecule has 8 nitrogen and oxygen atoms in total. The molecule has 3 rings (SSSR count). The zero-order valence-electron chi connectivity index (χ0n) is 18.9. The number of hydrogen-bond acceptors (Lipinski definition) is 5. The number of piperazine rings is 1. The van der Waals surface area contributed by atoms with Crippen molar-refractivity contribution >= 4 is 46.6 Å². The molecule has 174 valence electrons. The third-order valence-electron chi connectivity index (χ3n) is 5.27. The lowest BCUT2D eigenvalue weighted by atomic mass is 9.94. The van der Waals surface area contributed by atoms with Gasteiger partial charge in [0.2, 0.25) is 11.8 Å². The van der Waals surface area contributed by atoms with Crippen LogP contribution in [0.4, 0.5) is 17.1 Å². The summed E-state index contributed by atoms with van der Waals surface area (Å²) in [6.45, 7) is 8.39. The summed E-state index contributed by atoms with van der Waals surface area (Å²) in [5.74, 6) is -0.232. The molecule has 0 radical (unpaired) electrons. The fourth-order valence-corrected chi connectivity index (χ4v) is 3.86. The highest BCUT2D eigenvalue weighted by Gasteiger charge is 2.30. The molecule has 1 aliphatic heterocycles. The molecule has 1 saturated heterocycles. The minimum absolute atomic E-state index is 0.0384. The van der Waals surface area contributed by atoms with Gasteiger partial charge in [0.05, 0.1) is 15.6 Å². The van der Waals surface area contributed by atoms with Gasteiger partial charge in [-0.1, -0.05) is 44.5 Å². The van der Waals surface area contributed by atoms with Crippen LogP contribution in [0.2, 0.25) is 5.02 Å². The summed E-state index contributed by atoms with van der Waals surface area (Å²) in [7, 11) is 0. The number of nitro benzene ring substituents is 1. The minimum atomic E-state index is -0.483. The van der Waals surface area contributed by atoms with Gasteiger partial charge in [0, 0.05) is 55.5 Å². The van der Waals surface area contributed by atoms with E-state index in [1.54, 1.807) is 24.3 Å². The van der Waals surface area contributed by atoms with E-state index in [9.17, 15) is 19.7 Å². The molecule has 0 saturated carbocycles. The van der Waals surface area contributed by atoms with Crippen molar-refractivity contribution < 1.29 is 14.5 Å². The van der Waals surface area contributed by atoms with Gasteiger partial charge in [-0.15, -0.1) is 0 Å². The number of nitro groups is 1.